The lowest BCUT2D eigenvalue weighted by molar-refractivity contribution is -0.146. The maximum absolute atomic E-state index is 12.7. The fourth-order valence-corrected chi connectivity index (χ4v) is 4.78. The van der Waals surface area contributed by atoms with Crippen molar-refractivity contribution < 1.29 is 18.3 Å². The van der Waals surface area contributed by atoms with E-state index >= 15 is 0 Å². The van der Waals surface area contributed by atoms with Crippen molar-refractivity contribution in [2.45, 2.75) is 32.1 Å². The number of rotatable bonds is 3. The van der Waals surface area contributed by atoms with Gasteiger partial charge in [-0.2, -0.15) is 4.31 Å². The van der Waals surface area contributed by atoms with Gasteiger partial charge in [0.25, 0.3) is 0 Å². The second kappa shape index (κ2) is 5.37. The van der Waals surface area contributed by atoms with Crippen molar-refractivity contribution in [2.75, 3.05) is 13.1 Å². The van der Waals surface area contributed by atoms with Gasteiger partial charge < -0.3 is 5.11 Å². The van der Waals surface area contributed by atoms with Crippen molar-refractivity contribution in [1.82, 2.24) is 4.31 Å². The Labute approximate surface area is 133 Å². The van der Waals surface area contributed by atoms with Crippen LogP contribution in [0.25, 0.3) is 0 Å². The van der Waals surface area contributed by atoms with E-state index in [1.165, 1.54) is 4.31 Å². The van der Waals surface area contributed by atoms with E-state index in [4.69, 9.17) is 0 Å². The topological polar surface area (TPSA) is 74.7 Å². The summed E-state index contributed by atoms with van der Waals surface area (Å²) < 4.78 is 27.6. The van der Waals surface area contributed by atoms with Crippen molar-refractivity contribution in [3.63, 3.8) is 0 Å². The number of hydrogen-bond donors (Lipinski definition) is 1. The molecule has 1 fully saturated rings. The first-order chi connectivity index (χ1) is 9.58. The first-order valence-corrected chi connectivity index (χ1v) is 8.81. The van der Waals surface area contributed by atoms with Crippen LogP contribution in [0.4, 0.5) is 0 Å². The van der Waals surface area contributed by atoms with Gasteiger partial charge in [-0.3, -0.25) is 4.79 Å². The van der Waals surface area contributed by atoms with Crippen molar-refractivity contribution in [3.05, 3.63) is 27.7 Å². The van der Waals surface area contributed by atoms with Crippen LogP contribution in [0.5, 0.6) is 0 Å². The third kappa shape index (κ3) is 2.86. The molecule has 2 rings (SSSR count). The van der Waals surface area contributed by atoms with Crippen LogP contribution in [0.15, 0.2) is 21.5 Å². The van der Waals surface area contributed by atoms with Gasteiger partial charge in [0.15, 0.2) is 0 Å². The molecule has 21 heavy (non-hydrogen) atoms. The van der Waals surface area contributed by atoms with E-state index in [0.29, 0.717) is 12.0 Å². The molecule has 1 unspecified atom stereocenters. The standard InChI is InChI=1S/C14H18BrNO4S/c1-9-7-12(10(2)6-11(9)15)21(19,20)16-5-4-14(3,8-16)13(17)18/h6-7H,4-5,8H2,1-3H3,(H,17,18). The lowest BCUT2D eigenvalue weighted by Gasteiger charge is -2.21. The Morgan fingerprint density at radius 2 is 1.95 bits per heavy atom. The SMILES string of the molecule is Cc1cc(S(=O)(=O)N2CCC(C)(C(=O)O)C2)c(C)cc1Br. The molecule has 1 aliphatic heterocycles. The molecule has 0 spiro atoms. The predicted molar refractivity (Wildman–Crippen MR) is 82.7 cm³/mol. The van der Waals surface area contributed by atoms with E-state index in [9.17, 15) is 18.3 Å². The summed E-state index contributed by atoms with van der Waals surface area (Å²) in [5, 5.41) is 9.23. The maximum atomic E-state index is 12.7. The monoisotopic (exact) mass is 375 g/mol. The number of hydrogen-bond acceptors (Lipinski definition) is 3. The normalized spacial score (nSPS) is 23.4. The molecule has 0 radical (unpaired) electrons. The lowest BCUT2D eigenvalue weighted by Crippen LogP contribution is -2.35. The van der Waals surface area contributed by atoms with Gasteiger partial charge in [-0.25, -0.2) is 8.42 Å². The molecule has 1 aromatic carbocycles. The van der Waals surface area contributed by atoms with Crippen LogP contribution in [-0.2, 0) is 14.8 Å². The highest BCUT2D eigenvalue weighted by Crippen LogP contribution is 2.35. The molecule has 1 aromatic rings. The van der Waals surface area contributed by atoms with Gasteiger partial charge in [-0.15, -0.1) is 0 Å². The summed E-state index contributed by atoms with van der Waals surface area (Å²) in [6, 6.07) is 3.40. The number of aryl methyl sites for hydroxylation is 2. The molecule has 0 aliphatic carbocycles. The number of halogens is 1. The second-order valence-corrected chi connectivity index (χ2v) is 8.58. The second-order valence-electron chi connectivity index (χ2n) is 5.82. The Balaban J connectivity index is 2.41. The average Bonchev–Trinajstić information content (AvgIpc) is 2.78. The molecular weight excluding hydrogens is 358 g/mol. The molecular formula is C14H18BrNO4S. The predicted octanol–water partition coefficient (Wildman–Crippen LogP) is 2.55. The highest BCUT2D eigenvalue weighted by Gasteiger charge is 2.45. The third-order valence-corrected chi connectivity index (χ3v) is 6.87. The lowest BCUT2D eigenvalue weighted by atomic mass is 9.90. The molecule has 0 saturated carbocycles. The van der Waals surface area contributed by atoms with E-state index in [1.807, 2.05) is 6.92 Å². The quantitative estimate of drug-likeness (QED) is 0.880. The average molecular weight is 376 g/mol. The number of benzene rings is 1. The van der Waals surface area contributed by atoms with Crippen LogP contribution in [-0.4, -0.2) is 36.9 Å². The zero-order valence-electron chi connectivity index (χ0n) is 12.2. The van der Waals surface area contributed by atoms with E-state index in [0.717, 1.165) is 10.0 Å². The Morgan fingerprint density at radius 1 is 1.33 bits per heavy atom. The first-order valence-electron chi connectivity index (χ1n) is 6.58. The van der Waals surface area contributed by atoms with Crippen LogP contribution in [0.1, 0.15) is 24.5 Å². The van der Waals surface area contributed by atoms with Crippen LogP contribution in [0, 0.1) is 19.3 Å². The summed E-state index contributed by atoms with van der Waals surface area (Å²) in [5.41, 5.74) is 0.474. The minimum absolute atomic E-state index is 0.0131. The Morgan fingerprint density at radius 3 is 2.48 bits per heavy atom. The summed E-state index contributed by atoms with van der Waals surface area (Å²) in [6.45, 7) is 5.40. The highest BCUT2D eigenvalue weighted by molar-refractivity contribution is 9.10. The molecule has 1 heterocycles. The molecule has 1 aliphatic rings. The van der Waals surface area contributed by atoms with E-state index in [1.54, 1.807) is 26.0 Å². The molecule has 1 atom stereocenters. The number of sulfonamides is 1. The van der Waals surface area contributed by atoms with Gasteiger partial charge in [-0.1, -0.05) is 15.9 Å². The van der Waals surface area contributed by atoms with Crippen LogP contribution in [0.2, 0.25) is 0 Å². The molecule has 116 valence electrons. The Kier molecular flexibility index (Phi) is 4.21. The summed E-state index contributed by atoms with van der Waals surface area (Å²) in [4.78, 5) is 11.5. The molecule has 7 heteroatoms. The van der Waals surface area contributed by atoms with Gasteiger partial charge in [0, 0.05) is 17.6 Å². The third-order valence-electron chi connectivity index (χ3n) is 4.03. The van der Waals surface area contributed by atoms with E-state index in [2.05, 4.69) is 15.9 Å². The molecule has 1 saturated heterocycles. The Hall–Kier alpha value is -0.920. The summed E-state index contributed by atoms with van der Waals surface area (Å²) in [5.74, 6) is -0.955. The Bertz CT molecular complexity index is 701. The fraction of sp³-hybridized carbons (Fsp3) is 0.500. The van der Waals surface area contributed by atoms with Crippen LogP contribution >= 0.6 is 15.9 Å². The molecule has 0 bridgehead atoms. The van der Waals surface area contributed by atoms with Crippen LogP contribution < -0.4 is 0 Å². The number of carboxylic acids is 1. The minimum Gasteiger partial charge on any atom is -0.481 e. The molecule has 5 nitrogen and oxygen atoms in total. The van der Waals surface area contributed by atoms with E-state index < -0.39 is 21.4 Å². The maximum Gasteiger partial charge on any atom is 0.310 e. The van der Waals surface area contributed by atoms with Gasteiger partial charge in [0.1, 0.15) is 0 Å². The summed E-state index contributed by atoms with van der Waals surface area (Å²) >= 11 is 3.38. The van der Waals surface area contributed by atoms with Gasteiger partial charge in [-0.05, 0) is 50.5 Å². The van der Waals surface area contributed by atoms with Crippen LogP contribution in [0.3, 0.4) is 0 Å². The molecule has 0 aromatic heterocycles. The van der Waals surface area contributed by atoms with Gasteiger partial charge in [0.05, 0.1) is 10.3 Å². The largest absolute Gasteiger partial charge is 0.481 e. The summed E-state index contributed by atoms with van der Waals surface area (Å²) in [7, 11) is -3.66. The van der Waals surface area contributed by atoms with Crippen molar-refractivity contribution in [2.24, 2.45) is 5.41 Å². The van der Waals surface area contributed by atoms with Crippen molar-refractivity contribution in [1.29, 1.82) is 0 Å². The van der Waals surface area contributed by atoms with Crippen molar-refractivity contribution >= 4 is 31.9 Å². The first kappa shape index (κ1) is 16.5. The van der Waals surface area contributed by atoms with Crippen molar-refractivity contribution in [3.8, 4) is 0 Å². The number of carbonyl (C=O) groups is 1. The van der Waals surface area contributed by atoms with E-state index in [-0.39, 0.29) is 18.0 Å². The number of aliphatic carboxylic acids is 1. The number of nitrogens with zero attached hydrogens (tertiary/aromatic N) is 1. The number of carboxylic acid groups (broad SMARTS) is 1. The van der Waals surface area contributed by atoms with Gasteiger partial charge >= 0.3 is 5.97 Å². The highest BCUT2D eigenvalue weighted by atomic mass is 79.9. The summed E-state index contributed by atoms with van der Waals surface area (Å²) in [6.07, 6.45) is 0.329. The zero-order chi connectivity index (χ0) is 16.0. The smallest absolute Gasteiger partial charge is 0.310 e. The zero-order valence-corrected chi connectivity index (χ0v) is 14.6. The fourth-order valence-electron chi connectivity index (χ4n) is 2.47. The molecule has 1 N–H and O–H groups in total. The van der Waals surface area contributed by atoms with Gasteiger partial charge in [0.2, 0.25) is 10.0 Å². The molecule has 0 amide bonds. The minimum atomic E-state index is -3.66.